The van der Waals surface area contributed by atoms with Gasteiger partial charge in [-0.3, -0.25) is 4.79 Å². The summed E-state index contributed by atoms with van der Waals surface area (Å²) in [5.74, 6) is 0.0105. The predicted molar refractivity (Wildman–Crippen MR) is 82.7 cm³/mol. The predicted octanol–water partition coefficient (Wildman–Crippen LogP) is 2.89. The van der Waals surface area contributed by atoms with Crippen LogP contribution in [0, 0.1) is 6.92 Å². The standard InChI is InChI=1S/C17H20N2O/c1-13-10-15(12-16(18)11-13)17(20)19(2)9-8-14-6-4-3-5-7-14/h3-7,10-12H,8-9,18H2,1-2H3. The summed E-state index contributed by atoms with van der Waals surface area (Å²) in [6.45, 7) is 2.63. The minimum atomic E-state index is 0.0105. The number of anilines is 1. The third-order valence-electron chi connectivity index (χ3n) is 3.27. The van der Waals surface area contributed by atoms with E-state index >= 15 is 0 Å². The Balaban J connectivity index is 2.01. The quantitative estimate of drug-likeness (QED) is 0.867. The Labute approximate surface area is 120 Å². The Morgan fingerprint density at radius 3 is 2.50 bits per heavy atom. The van der Waals surface area contributed by atoms with E-state index in [2.05, 4.69) is 12.1 Å². The number of likely N-dealkylation sites (N-methyl/N-ethyl adjacent to an activating group) is 1. The zero-order valence-corrected chi connectivity index (χ0v) is 12.0. The summed E-state index contributed by atoms with van der Waals surface area (Å²) in [5, 5.41) is 0. The van der Waals surface area contributed by atoms with Gasteiger partial charge in [0.1, 0.15) is 0 Å². The van der Waals surface area contributed by atoms with Gasteiger partial charge in [-0.25, -0.2) is 0 Å². The van der Waals surface area contributed by atoms with Gasteiger partial charge in [-0.15, -0.1) is 0 Å². The van der Waals surface area contributed by atoms with Gasteiger partial charge in [0.25, 0.3) is 5.91 Å². The second-order valence-corrected chi connectivity index (χ2v) is 5.09. The number of nitrogen functional groups attached to an aromatic ring is 1. The molecule has 0 aliphatic rings. The highest BCUT2D eigenvalue weighted by atomic mass is 16.2. The fourth-order valence-electron chi connectivity index (χ4n) is 2.20. The third-order valence-corrected chi connectivity index (χ3v) is 3.27. The molecule has 0 bridgehead atoms. The molecule has 0 unspecified atom stereocenters. The highest BCUT2D eigenvalue weighted by molar-refractivity contribution is 5.95. The van der Waals surface area contributed by atoms with Crippen molar-refractivity contribution in [1.82, 2.24) is 4.90 Å². The molecule has 0 radical (unpaired) electrons. The largest absolute Gasteiger partial charge is 0.399 e. The van der Waals surface area contributed by atoms with Gasteiger partial charge in [-0.05, 0) is 42.7 Å². The van der Waals surface area contributed by atoms with Crippen LogP contribution in [0.3, 0.4) is 0 Å². The Bertz CT molecular complexity index is 573. The van der Waals surface area contributed by atoms with Crippen molar-refractivity contribution in [2.75, 3.05) is 19.3 Å². The lowest BCUT2D eigenvalue weighted by molar-refractivity contribution is 0.0796. The number of hydrogen-bond donors (Lipinski definition) is 1. The maximum absolute atomic E-state index is 12.3. The first-order chi connectivity index (χ1) is 9.56. The van der Waals surface area contributed by atoms with E-state index in [0.717, 1.165) is 12.0 Å². The first-order valence-corrected chi connectivity index (χ1v) is 6.73. The second-order valence-electron chi connectivity index (χ2n) is 5.09. The summed E-state index contributed by atoms with van der Waals surface area (Å²) in [5.41, 5.74) is 9.31. The van der Waals surface area contributed by atoms with Crippen LogP contribution >= 0.6 is 0 Å². The lowest BCUT2D eigenvalue weighted by Gasteiger charge is -2.18. The highest BCUT2D eigenvalue weighted by Crippen LogP contribution is 2.13. The van der Waals surface area contributed by atoms with Gasteiger partial charge in [0.05, 0.1) is 0 Å². The van der Waals surface area contributed by atoms with E-state index < -0.39 is 0 Å². The van der Waals surface area contributed by atoms with E-state index in [1.807, 2.05) is 44.3 Å². The monoisotopic (exact) mass is 268 g/mol. The number of hydrogen-bond acceptors (Lipinski definition) is 2. The van der Waals surface area contributed by atoms with Gasteiger partial charge in [0, 0.05) is 24.8 Å². The molecular formula is C17H20N2O. The van der Waals surface area contributed by atoms with Crippen molar-refractivity contribution >= 4 is 11.6 Å². The molecule has 0 aliphatic carbocycles. The third kappa shape index (κ3) is 3.60. The van der Waals surface area contributed by atoms with E-state index in [1.54, 1.807) is 11.0 Å². The molecule has 0 saturated heterocycles. The Kier molecular flexibility index (Phi) is 4.41. The molecule has 3 heteroatoms. The SMILES string of the molecule is Cc1cc(N)cc(C(=O)N(C)CCc2ccccc2)c1. The summed E-state index contributed by atoms with van der Waals surface area (Å²) < 4.78 is 0. The molecule has 2 rings (SSSR count). The average Bonchev–Trinajstić information content (AvgIpc) is 2.44. The topological polar surface area (TPSA) is 46.3 Å². The summed E-state index contributed by atoms with van der Waals surface area (Å²) in [6, 6.07) is 15.6. The van der Waals surface area contributed by atoms with E-state index in [4.69, 9.17) is 5.73 Å². The fraction of sp³-hybridized carbons (Fsp3) is 0.235. The molecule has 104 valence electrons. The fourth-order valence-corrected chi connectivity index (χ4v) is 2.20. The number of rotatable bonds is 4. The molecule has 1 amide bonds. The minimum Gasteiger partial charge on any atom is -0.399 e. The van der Waals surface area contributed by atoms with Gasteiger partial charge in [-0.2, -0.15) is 0 Å². The summed E-state index contributed by atoms with van der Waals surface area (Å²) in [4.78, 5) is 14.1. The molecule has 2 aromatic carbocycles. The second kappa shape index (κ2) is 6.24. The number of nitrogens with two attached hydrogens (primary N) is 1. The molecule has 20 heavy (non-hydrogen) atoms. The van der Waals surface area contributed by atoms with Gasteiger partial charge in [0.15, 0.2) is 0 Å². The molecule has 0 heterocycles. The van der Waals surface area contributed by atoms with Crippen molar-refractivity contribution in [2.24, 2.45) is 0 Å². The van der Waals surface area contributed by atoms with E-state index in [9.17, 15) is 4.79 Å². The van der Waals surface area contributed by atoms with Gasteiger partial charge in [0.2, 0.25) is 0 Å². The highest BCUT2D eigenvalue weighted by Gasteiger charge is 2.12. The van der Waals surface area contributed by atoms with Gasteiger partial charge >= 0.3 is 0 Å². The van der Waals surface area contributed by atoms with E-state index in [-0.39, 0.29) is 5.91 Å². The van der Waals surface area contributed by atoms with Crippen molar-refractivity contribution in [1.29, 1.82) is 0 Å². The molecule has 0 fully saturated rings. The number of nitrogens with zero attached hydrogens (tertiary/aromatic N) is 1. The molecule has 3 nitrogen and oxygen atoms in total. The van der Waals surface area contributed by atoms with Crippen molar-refractivity contribution in [3.63, 3.8) is 0 Å². The molecule has 2 N–H and O–H groups in total. The van der Waals surface area contributed by atoms with Crippen LogP contribution in [0.25, 0.3) is 0 Å². The van der Waals surface area contributed by atoms with Gasteiger partial charge < -0.3 is 10.6 Å². The zero-order valence-electron chi connectivity index (χ0n) is 12.0. The minimum absolute atomic E-state index is 0.0105. The normalized spacial score (nSPS) is 10.3. The Hall–Kier alpha value is -2.29. The number of carbonyl (C=O) groups is 1. The van der Waals surface area contributed by atoms with Crippen LogP contribution in [0.2, 0.25) is 0 Å². The molecule has 0 aliphatic heterocycles. The maximum Gasteiger partial charge on any atom is 0.253 e. The van der Waals surface area contributed by atoms with Crippen LogP contribution in [-0.4, -0.2) is 24.4 Å². The lowest BCUT2D eigenvalue weighted by Crippen LogP contribution is -2.29. The van der Waals surface area contributed by atoms with E-state index in [0.29, 0.717) is 17.8 Å². The summed E-state index contributed by atoms with van der Waals surface area (Å²) in [6.07, 6.45) is 0.852. The van der Waals surface area contributed by atoms with Crippen molar-refractivity contribution < 1.29 is 4.79 Å². The molecule has 2 aromatic rings. The summed E-state index contributed by atoms with van der Waals surface area (Å²) >= 11 is 0. The summed E-state index contributed by atoms with van der Waals surface area (Å²) in [7, 11) is 1.82. The van der Waals surface area contributed by atoms with Crippen LogP contribution < -0.4 is 5.73 Å². The van der Waals surface area contributed by atoms with Crippen LogP contribution in [0.4, 0.5) is 5.69 Å². The van der Waals surface area contributed by atoms with Crippen molar-refractivity contribution in [3.8, 4) is 0 Å². The number of benzene rings is 2. The van der Waals surface area contributed by atoms with Gasteiger partial charge in [-0.1, -0.05) is 30.3 Å². The number of amides is 1. The molecule has 0 aromatic heterocycles. The maximum atomic E-state index is 12.3. The average molecular weight is 268 g/mol. The molecule has 0 atom stereocenters. The van der Waals surface area contributed by atoms with Crippen LogP contribution in [0.1, 0.15) is 21.5 Å². The number of carbonyl (C=O) groups excluding carboxylic acids is 1. The zero-order chi connectivity index (χ0) is 14.5. The Morgan fingerprint density at radius 2 is 1.85 bits per heavy atom. The van der Waals surface area contributed by atoms with Crippen LogP contribution in [-0.2, 0) is 6.42 Å². The first kappa shape index (κ1) is 14.1. The van der Waals surface area contributed by atoms with E-state index in [1.165, 1.54) is 5.56 Å². The van der Waals surface area contributed by atoms with Crippen LogP contribution in [0.5, 0.6) is 0 Å². The van der Waals surface area contributed by atoms with Crippen molar-refractivity contribution in [2.45, 2.75) is 13.3 Å². The number of aryl methyl sites for hydroxylation is 1. The lowest BCUT2D eigenvalue weighted by atomic mass is 10.1. The smallest absolute Gasteiger partial charge is 0.253 e. The molecule has 0 saturated carbocycles. The molecular weight excluding hydrogens is 248 g/mol. The van der Waals surface area contributed by atoms with Crippen molar-refractivity contribution in [3.05, 3.63) is 65.2 Å². The first-order valence-electron chi connectivity index (χ1n) is 6.73. The Morgan fingerprint density at radius 1 is 1.15 bits per heavy atom. The van der Waals surface area contributed by atoms with Crippen LogP contribution in [0.15, 0.2) is 48.5 Å². The molecule has 0 spiro atoms.